The van der Waals surface area contributed by atoms with Crippen LogP contribution >= 0.6 is 11.6 Å². The summed E-state index contributed by atoms with van der Waals surface area (Å²) >= 11 is 6.28. The van der Waals surface area contributed by atoms with Crippen molar-refractivity contribution in [1.29, 1.82) is 0 Å². The van der Waals surface area contributed by atoms with Crippen molar-refractivity contribution in [1.82, 2.24) is 24.5 Å². The molecule has 8 heteroatoms. The van der Waals surface area contributed by atoms with Gasteiger partial charge < -0.3 is 5.32 Å². The number of halogens is 1. The van der Waals surface area contributed by atoms with E-state index in [1.54, 1.807) is 21.6 Å². The first-order valence-electron chi connectivity index (χ1n) is 10.3. The van der Waals surface area contributed by atoms with Crippen molar-refractivity contribution < 1.29 is 4.79 Å². The Morgan fingerprint density at radius 2 is 1.58 bits per heavy atom. The molecule has 0 aliphatic heterocycles. The average Bonchev–Trinajstić information content (AvgIpc) is 3.49. The van der Waals surface area contributed by atoms with E-state index >= 15 is 0 Å². The second-order valence-corrected chi connectivity index (χ2v) is 7.70. The van der Waals surface area contributed by atoms with Gasteiger partial charge in [0.2, 0.25) is 5.82 Å². The van der Waals surface area contributed by atoms with E-state index in [-0.39, 0.29) is 5.82 Å². The number of benzene rings is 3. The molecule has 0 radical (unpaired) electrons. The smallest absolute Gasteiger partial charge is 0.296 e. The van der Waals surface area contributed by atoms with Crippen molar-refractivity contribution in [2.75, 3.05) is 5.32 Å². The Hall–Kier alpha value is -4.23. The molecule has 0 unspecified atom stereocenters. The third kappa shape index (κ3) is 4.40. The molecule has 162 valence electrons. The highest BCUT2D eigenvalue weighted by molar-refractivity contribution is 6.31. The fraction of sp³-hybridized carbons (Fsp3) is 0.0400. The quantitative estimate of drug-likeness (QED) is 0.388. The molecule has 1 N–H and O–H groups in total. The number of nitrogens with zero attached hydrogens (tertiary/aromatic N) is 5. The second-order valence-electron chi connectivity index (χ2n) is 7.29. The van der Waals surface area contributed by atoms with Gasteiger partial charge in [0.1, 0.15) is 5.82 Å². The maximum atomic E-state index is 13.1. The molecule has 0 spiro atoms. The lowest BCUT2D eigenvalue weighted by Gasteiger charge is -2.09. The summed E-state index contributed by atoms with van der Waals surface area (Å²) in [7, 11) is 0. The van der Waals surface area contributed by atoms with Crippen molar-refractivity contribution in [3.8, 4) is 17.1 Å². The number of nitrogens with one attached hydrogen (secondary N) is 1. The lowest BCUT2D eigenvalue weighted by molar-refractivity contribution is 0.101. The number of hydrogen-bond acceptors (Lipinski definition) is 4. The summed E-state index contributed by atoms with van der Waals surface area (Å²) in [6, 6.07) is 28.5. The molecule has 1 amide bonds. The van der Waals surface area contributed by atoms with Gasteiger partial charge in [-0.25, -0.2) is 14.3 Å². The summed E-state index contributed by atoms with van der Waals surface area (Å²) in [5.74, 6) is 0.736. The number of hydrogen-bond donors (Lipinski definition) is 1. The van der Waals surface area contributed by atoms with Gasteiger partial charge in [-0.3, -0.25) is 4.79 Å². The van der Waals surface area contributed by atoms with Crippen molar-refractivity contribution in [2.24, 2.45) is 0 Å². The molecule has 0 aliphatic rings. The first-order valence-corrected chi connectivity index (χ1v) is 10.7. The number of carbonyl (C=O) groups is 1. The molecule has 7 nitrogen and oxygen atoms in total. The van der Waals surface area contributed by atoms with Crippen molar-refractivity contribution in [3.63, 3.8) is 0 Å². The SMILES string of the molecule is O=C(Nc1ccnn1Cc1ccccc1Cl)c1nc(-c2ccccc2)n(-c2ccccc2)n1. The van der Waals surface area contributed by atoms with Gasteiger partial charge in [-0.05, 0) is 23.8 Å². The van der Waals surface area contributed by atoms with E-state index in [4.69, 9.17) is 11.6 Å². The zero-order valence-corrected chi connectivity index (χ0v) is 18.2. The number of para-hydroxylation sites is 1. The van der Waals surface area contributed by atoms with Gasteiger partial charge in [-0.1, -0.05) is 78.3 Å². The number of rotatable bonds is 6. The number of anilines is 1. The molecule has 5 aromatic rings. The number of amides is 1. The van der Waals surface area contributed by atoms with E-state index in [1.165, 1.54) is 0 Å². The third-order valence-electron chi connectivity index (χ3n) is 5.08. The van der Waals surface area contributed by atoms with Gasteiger partial charge in [-0.2, -0.15) is 5.10 Å². The standard InChI is InChI=1S/C25H19ClN6O/c26-21-14-8-7-11-19(21)17-31-22(15-16-27-31)28-25(33)23-29-24(18-9-3-1-4-10-18)32(30-23)20-12-5-2-6-13-20/h1-16H,17H2,(H,28,33). The lowest BCUT2D eigenvalue weighted by atomic mass is 10.2. The van der Waals surface area contributed by atoms with Crippen LogP contribution in [0.25, 0.3) is 17.1 Å². The molecular formula is C25H19ClN6O. The van der Waals surface area contributed by atoms with Gasteiger partial charge >= 0.3 is 0 Å². The Morgan fingerprint density at radius 1 is 0.879 bits per heavy atom. The Balaban J connectivity index is 1.45. The van der Waals surface area contributed by atoms with Gasteiger partial charge in [0.05, 0.1) is 18.4 Å². The Bertz CT molecular complexity index is 1340. The van der Waals surface area contributed by atoms with Crippen LogP contribution < -0.4 is 5.32 Å². The minimum Gasteiger partial charge on any atom is -0.304 e. The van der Waals surface area contributed by atoms with Gasteiger partial charge in [0.15, 0.2) is 5.82 Å². The summed E-state index contributed by atoms with van der Waals surface area (Å²) in [6.45, 7) is 0.420. The van der Waals surface area contributed by atoms with Crippen LogP contribution in [0.3, 0.4) is 0 Å². The molecule has 0 fully saturated rings. The normalized spacial score (nSPS) is 10.8. The molecule has 3 aromatic carbocycles. The Morgan fingerprint density at radius 3 is 2.33 bits per heavy atom. The fourth-order valence-electron chi connectivity index (χ4n) is 3.46. The molecule has 2 heterocycles. The van der Waals surface area contributed by atoms with Crippen LogP contribution in [0.5, 0.6) is 0 Å². The number of aromatic nitrogens is 5. The van der Waals surface area contributed by atoms with E-state index in [2.05, 4.69) is 20.5 Å². The van der Waals surface area contributed by atoms with Crippen molar-refractivity contribution >= 4 is 23.3 Å². The third-order valence-corrected chi connectivity index (χ3v) is 5.45. The van der Waals surface area contributed by atoms with E-state index in [1.807, 2.05) is 84.9 Å². The predicted octanol–water partition coefficient (Wildman–Crippen LogP) is 5.08. The molecule has 0 saturated heterocycles. The van der Waals surface area contributed by atoms with Crippen LogP contribution in [0, 0.1) is 0 Å². The van der Waals surface area contributed by atoms with Crippen LogP contribution in [-0.4, -0.2) is 30.5 Å². The summed E-state index contributed by atoms with van der Waals surface area (Å²) in [6.07, 6.45) is 1.62. The van der Waals surface area contributed by atoms with Crippen LogP contribution in [0.1, 0.15) is 16.2 Å². The van der Waals surface area contributed by atoms with Crippen LogP contribution in [0.15, 0.2) is 97.2 Å². The van der Waals surface area contributed by atoms with E-state index < -0.39 is 5.91 Å². The first kappa shape index (κ1) is 20.7. The maximum Gasteiger partial charge on any atom is 0.296 e. The maximum absolute atomic E-state index is 13.1. The summed E-state index contributed by atoms with van der Waals surface area (Å²) in [4.78, 5) is 17.6. The van der Waals surface area contributed by atoms with Gasteiger partial charge in [0.25, 0.3) is 5.91 Å². The lowest BCUT2D eigenvalue weighted by Crippen LogP contribution is -2.18. The molecular weight excluding hydrogens is 436 g/mol. The highest BCUT2D eigenvalue weighted by Gasteiger charge is 2.20. The molecule has 5 rings (SSSR count). The number of carbonyl (C=O) groups excluding carboxylic acids is 1. The fourth-order valence-corrected chi connectivity index (χ4v) is 3.65. The zero-order chi connectivity index (χ0) is 22.6. The van der Waals surface area contributed by atoms with Crippen LogP contribution in [0.4, 0.5) is 5.82 Å². The first-order chi connectivity index (χ1) is 16.2. The summed E-state index contributed by atoms with van der Waals surface area (Å²) in [5.41, 5.74) is 2.57. The summed E-state index contributed by atoms with van der Waals surface area (Å²) in [5, 5.41) is 12.3. The van der Waals surface area contributed by atoms with Crippen molar-refractivity contribution in [3.05, 3.63) is 114 Å². The topological polar surface area (TPSA) is 77.6 Å². The summed E-state index contributed by atoms with van der Waals surface area (Å²) < 4.78 is 3.34. The average molecular weight is 455 g/mol. The monoisotopic (exact) mass is 454 g/mol. The highest BCUT2D eigenvalue weighted by Crippen LogP contribution is 2.22. The second kappa shape index (κ2) is 9.10. The largest absolute Gasteiger partial charge is 0.304 e. The minimum absolute atomic E-state index is 0.0585. The molecule has 0 bridgehead atoms. The van der Waals surface area contributed by atoms with E-state index in [9.17, 15) is 4.79 Å². The Kier molecular flexibility index (Phi) is 5.70. The highest BCUT2D eigenvalue weighted by atomic mass is 35.5. The van der Waals surface area contributed by atoms with Gasteiger partial charge in [0, 0.05) is 16.7 Å². The predicted molar refractivity (Wildman–Crippen MR) is 128 cm³/mol. The van der Waals surface area contributed by atoms with E-state index in [0.717, 1.165) is 16.8 Å². The van der Waals surface area contributed by atoms with E-state index in [0.29, 0.717) is 23.2 Å². The minimum atomic E-state index is -0.428. The molecule has 2 aromatic heterocycles. The zero-order valence-electron chi connectivity index (χ0n) is 17.5. The van der Waals surface area contributed by atoms with Gasteiger partial charge in [-0.15, -0.1) is 5.10 Å². The van der Waals surface area contributed by atoms with Crippen LogP contribution in [0.2, 0.25) is 5.02 Å². The van der Waals surface area contributed by atoms with Crippen LogP contribution in [-0.2, 0) is 6.54 Å². The molecule has 33 heavy (non-hydrogen) atoms. The molecule has 0 atom stereocenters. The Labute approximate surface area is 195 Å². The molecule has 0 aliphatic carbocycles. The van der Waals surface area contributed by atoms with Crippen molar-refractivity contribution in [2.45, 2.75) is 6.54 Å². The molecule has 0 saturated carbocycles.